The summed E-state index contributed by atoms with van der Waals surface area (Å²) < 4.78 is 8.89. The third-order valence-corrected chi connectivity index (χ3v) is 3.81. The van der Waals surface area contributed by atoms with Gasteiger partial charge in [-0.05, 0) is 49.4 Å². The van der Waals surface area contributed by atoms with Crippen molar-refractivity contribution >= 4 is 15.9 Å². The third kappa shape index (κ3) is 6.46. The first-order valence-corrected chi connectivity index (χ1v) is 8.56. The molecule has 1 aromatic rings. The van der Waals surface area contributed by atoms with Gasteiger partial charge < -0.3 is 15.0 Å². The van der Waals surface area contributed by atoms with Crippen LogP contribution in [-0.2, 0) is 11.3 Å². The maximum atomic E-state index is 5.77. The summed E-state index contributed by atoms with van der Waals surface area (Å²) in [6.45, 7) is 8.61. The smallest absolute Gasteiger partial charge is 0.0741 e. The van der Waals surface area contributed by atoms with E-state index in [-0.39, 0.29) is 6.04 Å². The zero-order chi connectivity index (χ0) is 15.7. The Morgan fingerprint density at radius 3 is 2.76 bits per heavy atom. The van der Waals surface area contributed by atoms with Crippen LogP contribution >= 0.6 is 15.9 Å². The lowest BCUT2D eigenvalue weighted by Gasteiger charge is -2.21. The van der Waals surface area contributed by atoms with Crippen LogP contribution in [0.25, 0.3) is 0 Å². The van der Waals surface area contributed by atoms with Gasteiger partial charge >= 0.3 is 0 Å². The van der Waals surface area contributed by atoms with E-state index in [1.807, 2.05) is 6.20 Å². The molecule has 0 fully saturated rings. The Kier molecular flexibility index (Phi) is 9.15. The van der Waals surface area contributed by atoms with Crippen molar-refractivity contribution in [2.24, 2.45) is 0 Å². The number of nitrogens with one attached hydrogen (secondary N) is 1. The fourth-order valence-electron chi connectivity index (χ4n) is 2.09. The summed E-state index contributed by atoms with van der Waals surface area (Å²) in [6.07, 6.45) is 4.03. The Balaban J connectivity index is 2.80. The van der Waals surface area contributed by atoms with Gasteiger partial charge in [0.1, 0.15) is 0 Å². The second-order valence-electron chi connectivity index (χ2n) is 5.49. The van der Waals surface area contributed by atoms with Crippen molar-refractivity contribution in [3.8, 4) is 0 Å². The highest BCUT2D eigenvalue weighted by Crippen LogP contribution is 2.24. The summed E-state index contributed by atoms with van der Waals surface area (Å²) in [5.41, 5.74) is 1.18. The Labute approximate surface area is 137 Å². The van der Waals surface area contributed by atoms with Gasteiger partial charge in [-0.2, -0.15) is 5.10 Å². The Bertz CT molecular complexity index is 395. The summed E-state index contributed by atoms with van der Waals surface area (Å²) >= 11 is 3.63. The lowest BCUT2D eigenvalue weighted by molar-refractivity contribution is 0.109. The van der Waals surface area contributed by atoms with E-state index >= 15 is 0 Å². The van der Waals surface area contributed by atoms with Crippen LogP contribution in [-0.4, -0.2) is 55.1 Å². The molecule has 1 unspecified atom stereocenters. The molecule has 1 rings (SSSR count). The molecule has 0 amide bonds. The van der Waals surface area contributed by atoms with E-state index in [0.29, 0.717) is 6.61 Å². The first-order chi connectivity index (χ1) is 10.1. The van der Waals surface area contributed by atoms with Crippen molar-refractivity contribution < 1.29 is 4.74 Å². The maximum absolute atomic E-state index is 5.77. The van der Waals surface area contributed by atoms with Gasteiger partial charge in [-0.3, -0.25) is 4.68 Å². The molecule has 0 aliphatic rings. The zero-order valence-electron chi connectivity index (χ0n) is 13.7. The third-order valence-electron chi connectivity index (χ3n) is 3.20. The molecule has 0 aliphatic carbocycles. The first-order valence-electron chi connectivity index (χ1n) is 7.77. The van der Waals surface area contributed by atoms with E-state index in [2.05, 4.69) is 63.9 Å². The number of nitrogens with zero attached hydrogens (tertiary/aromatic N) is 3. The molecule has 122 valence electrons. The minimum Gasteiger partial charge on any atom is -0.379 e. The summed E-state index contributed by atoms with van der Waals surface area (Å²) in [7, 11) is 4.16. The number of likely N-dealkylation sites (N-methyl/N-ethyl adjacent to an activating group) is 1. The number of rotatable bonds is 11. The van der Waals surface area contributed by atoms with Gasteiger partial charge in [0.25, 0.3) is 0 Å². The van der Waals surface area contributed by atoms with E-state index in [1.165, 1.54) is 5.69 Å². The van der Waals surface area contributed by atoms with Crippen molar-refractivity contribution in [1.29, 1.82) is 0 Å². The predicted octanol–water partition coefficient (Wildman–Crippen LogP) is 2.67. The highest BCUT2D eigenvalue weighted by Gasteiger charge is 2.20. The lowest BCUT2D eigenvalue weighted by Crippen LogP contribution is -2.30. The molecule has 1 N–H and O–H groups in total. The molecule has 0 aromatic carbocycles. The van der Waals surface area contributed by atoms with Gasteiger partial charge in [-0.25, -0.2) is 0 Å². The molecule has 1 aromatic heterocycles. The molecular formula is C15H29BrN4O. The van der Waals surface area contributed by atoms with Crippen molar-refractivity contribution in [2.75, 3.05) is 40.4 Å². The average molecular weight is 361 g/mol. The fourth-order valence-corrected chi connectivity index (χ4v) is 2.66. The van der Waals surface area contributed by atoms with Crippen LogP contribution < -0.4 is 5.32 Å². The first kappa shape index (κ1) is 18.6. The van der Waals surface area contributed by atoms with Gasteiger partial charge in [-0.1, -0.05) is 13.8 Å². The lowest BCUT2D eigenvalue weighted by atomic mass is 10.2. The Morgan fingerprint density at radius 2 is 2.14 bits per heavy atom. The molecule has 0 saturated heterocycles. The Morgan fingerprint density at radius 1 is 1.38 bits per heavy atom. The molecule has 0 radical (unpaired) electrons. The minimum absolute atomic E-state index is 0.176. The zero-order valence-corrected chi connectivity index (χ0v) is 15.3. The van der Waals surface area contributed by atoms with Gasteiger partial charge in [0, 0.05) is 13.2 Å². The molecule has 0 aliphatic heterocycles. The molecular weight excluding hydrogens is 332 g/mol. The molecule has 0 bridgehead atoms. The van der Waals surface area contributed by atoms with E-state index in [9.17, 15) is 0 Å². The number of hydrogen-bond acceptors (Lipinski definition) is 4. The SMILES string of the molecule is CCCNC(COCCC)c1c(Br)cnn1CCN(C)C. The molecule has 6 heteroatoms. The number of halogens is 1. The molecule has 5 nitrogen and oxygen atoms in total. The standard InChI is InChI=1S/C15H29BrN4O/c1-5-7-17-14(12-21-10-6-2)15-13(16)11-18-20(15)9-8-19(3)4/h11,14,17H,5-10,12H2,1-4H3. The van der Waals surface area contributed by atoms with Crippen LogP contribution in [0.2, 0.25) is 0 Å². The second-order valence-corrected chi connectivity index (χ2v) is 6.34. The monoisotopic (exact) mass is 360 g/mol. The highest BCUT2D eigenvalue weighted by molar-refractivity contribution is 9.10. The van der Waals surface area contributed by atoms with Crippen molar-refractivity contribution in [3.63, 3.8) is 0 Å². The number of ether oxygens (including phenoxy) is 1. The molecule has 0 saturated carbocycles. The van der Waals surface area contributed by atoms with Crippen LogP contribution in [0.1, 0.15) is 38.4 Å². The minimum atomic E-state index is 0.176. The fraction of sp³-hybridized carbons (Fsp3) is 0.800. The summed E-state index contributed by atoms with van der Waals surface area (Å²) in [4.78, 5) is 2.17. The normalized spacial score (nSPS) is 13.0. The van der Waals surface area contributed by atoms with E-state index in [1.54, 1.807) is 0 Å². The topological polar surface area (TPSA) is 42.3 Å². The van der Waals surface area contributed by atoms with Gasteiger partial charge in [-0.15, -0.1) is 0 Å². The van der Waals surface area contributed by atoms with Gasteiger partial charge in [0.15, 0.2) is 0 Å². The predicted molar refractivity (Wildman–Crippen MR) is 90.6 cm³/mol. The van der Waals surface area contributed by atoms with Crippen LogP contribution in [0.15, 0.2) is 10.7 Å². The highest BCUT2D eigenvalue weighted by atomic mass is 79.9. The summed E-state index contributed by atoms with van der Waals surface area (Å²) in [5.74, 6) is 0. The maximum Gasteiger partial charge on any atom is 0.0741 e. The average Bonchev–Trinajstić information content (AvgIpc) is 2.81. The van der Waals surface area contributed by atoms with E-state index in [4.69, 9.17) is 4.74 Å². The molecule has 21 heavy (non-hydrogen) atoms. The van der Waals surface area contributed by atoms with E-state index < -0.39 is 0 Å². The molecule has 0 spiro atoms. The quantitative estimate of drug-likeness (QED) is 0.616. The van der Waals surface area contributed by atoms with Crippen molar-refractivity contribution in [3.05, 3.63) is 16.4 Å². The largest absolute Gasteiger partial charge is 0.379 e. The van der Waals surface area contributed by atoms with Crippen LogP contribution in [0.3, 0.4) is 0 Å². The van der Waals surface area contributed by atoms with Crippen LogP contribution in [0.5, 0.6) is 0 Å². The Hall–Kier alpha value is -0.430. The van der Waals surface area contributed by atoms with Crippen LogP contribution in [0, 0.1) is 0 Å². The number of hydrogen-bond donors (Lipinski definition) is 1. The summed E-state index contributed by atoms with van der Waals surface area (Å²) in [5, 5.41) is 8.06. The molecule has 1 heterocycles. The second kappa shape index (κ2) is 10.3. The van der Waals surface area contributed by atoms with E-state index in [0.717, 1.165) is 43.6 Å². The van der Waals surface area contributed by atoms with Gasteiger partial charge in [0.05, 0.1) is 35.6 Å². The van der Waals surface area contributed by atoms with Gasteiger partial charge in [0.2, 0.25) is 0 Å². The number of aromatic nitrogens is 2. The summed E-state index contributed by atoms with van der Waals surface area (Å²) in [6, 6.07) is 0.176. The molecule has 1 atom stereocenters. The van der Waals surface area contributed by atoms with Crippen molar-refractivity contribution in [1.82, 2.24) is 20.0 Å². The van der Waals surface area contributed by atoms with Crippen LogP contribution in [0.4, 0.5) is 0 Å². The van der Waals surface area contributed by atoms with Crippen molar-refractivity contribution in [2.45, 2.75) is 39.3 Å².